The van der Waals surface area contributed by atoms with Gasteiger partial charge < -0.3 is 15.8 Å². The third-order valence-corrected chi connectivity index (χ3v) is 4.04. The molecule has 0 aromatic rings. The molecule has 1 unspecified atom stereocenters. The van der Waals surface area contributed by atoms with Crippen molar-refractivity contribution in [3.05, 3.63) is 0 Å². The fourth-order valence-electron chi connectivity index (χ4n) is 2.95. The van der Waals surface area contributed by atoms with Gasteiger partial charge in [0.25, 0.3) is 0 Å². The summed E-state index contributed by atoms with van der Waals surface area (Å²) in [6, 6.07) is 0. The van der Waals surface area contributed by atoms with E-state index in [1.807, 2.05) is 0 Å². The average molecular weight is 240 g/mol. The SMILES string of the molecule is NCC1(NC(=O)CC2CCCCO2)CCCC1. The summed E-state index contributed by atoms with van der Waals surface area (Å²) >= 11 is 0. The molecule has 1 amide bonds. The number of carbonyl (C=O) groups excluding carboxylic acids is 1. The lowest BCUT2D eigenvalue weighted by Gasteiger charge is -2.30. The van der Waals surface area contributed by atoms with Gasteiger partial charge in [0.1, 0.15) is 0 Å². The number of nitrogens with two attached hydrogens (primary N) is 1. The maximum Gasteiger partial charge on any atom is 0.223 e. The van der Waals surface area contributed by atoms with E-state index in [4.69, 9.17) is 10.5 Å². The molecule has 0 aromatic heterocycles. The van der Waals surface area contributed by atoms with Gasteiger partial charge >= 0.3 is 0 Å². The summed E-state index contributed by atoms with van der Waals surface area (Å²) in [6.07, 6.45) is 8.37. The predicted molar refractivity (Wildman–Crippen MR) is 66.6 cm³/mol. The second-order valence-corrected chi connectivity index (χ2v) is 5.43. The minimum atomic E-state index is -0.119. The molecule has 0 bridgehead atoms. The molecule has 2 rings (SSSR count). The maximum absolute atomic E-state index is 12.0. The number of hydrogen-bond acceptors (Lipinski definition) is 3. The first-order valence-electron chi connectivity index (χ1n) is 6.87. The first-order valence-corrected chi connectivity index (χ1v) is 6.87. The molecule has 1 aliphatic heterocycles. The van der Waals surface area contributed by atoms with E-state index in [-0.39, 0.29) is 17.6 Å². The molecule has 0 radical (unpaired) electrons. The van der Waals surface area contributed by atoms with E-state index < -0.39 is 0 Å². The van der Waals surface area contributed by atoms with Gasteiger partial charge in [-0.15, -0.1) is 0 Å². The molecular formula is C13H24N2O2. The highest BCUT2D eigenvalue weighted by molar-refractivity contribution is 5.77. The van der Waals surface area contributed by atoms with Crippen LogP contribution in [0.5, 0.6) is 0 Å². The lowest BCUT2D eigenvalue weighted by molar-refractivity contribution is -0.126. The van der Waals surface area contributed by atoms with Crippen LogP contribution in [0, 0.1) is 0 Å². The van der Waals surface area contributed by atoms with Crippen molar-refractivity contribution in [2.75, 3.05) is 13.2 Å². The van der Waals surface area contributed by atoms with Gasteiger partial charge in [-0.2, -0.15) is 0 Å². The van der Waals surface area contributed by atoms with Gasteiger partial charge in [0.15, 0.2) is 0 Å². The summed E-state index contributed by atoms with van der Waals surface area (Å²) in [5, 5.41) is 3.15. The zero-order valence-corrected chi connectivity index (χ0v) is 10.5. The number of carbonyl (C=O) groups is 1. The van der Waals surface area contributed by atoms with Gasteiger partial charge in [-0.05, 0) is 32.1 Å². The average Bonchev–Trinajstić information content (AvgIpc) is 2.79. The maximum atomic E-state index is 12.0. The van der Waals surface area contributed by atoms with E-state index in [1.54, 1.807) is 0 Å². The van der Waals surface area contributed by atoms with Crippen LogP contribution < -0.4 is 11.1 Å². The Labute approximate surface area is 103 Å². The number of rotatable bonds is 4. The third kappa shape index (κ3) is 3.42. The molecule has 1 heterocycles. The molecule has 1 aliphatic carbocycles. The third-order valence-electron chi connectivity index (χ3n) is 4.04. The lowest BCUT2D eigenvalue weighted by Crippen LogP contribution is -2.52. The van der Waals surface area contributed by atoms with E-state index in [2.05, 4.69) is 5.32 Å². The highest BCUT2D eigenvalue weighted by Crippen LogP contribution is 2.29. The van der Waals surface area contributed by atoms with Crippen LogP contribution in [0.1, 0.15) is 51.4 Å². The number of ether oxygens (including phenoxy) is 1. The fourth-order valence-corrected chi connectivity index (χ4v) is 2.95. The van der Waals surface area contributed by atoms with Crippen LogP contribution in [-0.2, 0) is 9.53 Å². The molecule has 0 aromatic carbocycles. The summed E-state index contributed by atoms with van der Waals surface area (Å²) in [5.74, 6) is 0.115. The van der Waals surface area contributed by atoms with Crippen molar-refractivity contribution in [3.8, 4) is 0 Å². The minimum Gasteiger partial charge on any atom is -0.378 e. The first-order chi connectivity index (χ1) is 8.24. The van der Waals surface area contributed by atoms with Gasteiger partial charge in [0.05, 0.1) is 18.1 Å². The van der Waals surface area contributed by atoms with Crippen LogP contribution in [0.3, 0.4) is 0 Å². The first kappa shape index (κ1) is 12.8. The Hall–Kier alpha value is -0.610. The Morgan fingerprint density at radius 1 is 1.29 bits per heavy atom. The second-order valence-electron chi connectivity index (χ2n) is 5.43. The molecule has 3 N–H and O–H groups in total. The standard InChI is InChI=1S/C13H24N2O2/c14-10-13(6-2-3-7-13)15-12(16)9-11-5-1-4-8-17-11/h11H,1-10,14H2,(H,15,16). The summed E-state index contributed by atoms with van der Waals surface area (Å²) < 4.78 is 5.59. The second kappa shape index (κ2) is 5.83. The van der Waals surface area contributed by atoms with Crippen LogP contribution in [0.2, 0.25) is 0 Å². The number of hydrogen-bond donors (Lipinski definition) is 2. The summed E-state index contributed by atoms with van der Waals surface area (Å²) in [7, 11) is 0. The van der Waals surface area contributed by atoms with Crippen molar-refractivity contribution >= 4 is 5.91 Å². The Morgan fingerprint density at radius 2 is 2.06 bits per heavy atom. The smallest absolute Gasteiger partial charge is 0.223 e. The molecule has 1 atom stereocenters. The van der Waals surface area contributed by atoms with E-state index in [9.17, 15) is 4.79 Å². The Morgan fingerprint density at radius 3 is 2.65 bits per heavy atom. The van der Waals surface area contributed by atoms with Crippen molar-refractivity contribution in [3.63, 3.8) is 0 Å². The summed E-state index contributed by atoms with van der Waals surface area (Å²) in [5.41, 5.74) is 5.68. The van der Waals surface area contributed by atoms with Gasteiger partial charge in [-0.3, -0.25) is 4.79 Å². The topological polar surface area (TPSA) is 64.3 Å². The van der Waals surface area contributed by atoms with E-state index in [1.165, 1.54) is 19.3 Å². The van der Waals surface area contributed by atoms with Crippen molar-refractivity contribution in [2.45, 2.75) is 63.0 Å². The highest BCUT2D eigenvalue weighted by atomic mass is 16.5. The van der Waals surface area contributed by atoms with E-state index >= 15 is 0 Å². The summed E-state index contributed by atoms with van der Waals surface area (Å²) in [6.45, 7) is 1.37. The lowest BCUT2D eigenvalue weighted by atomic mass is 9.97. The van der Waals surface area contributed by atoms with Gasteiger partial charge in [0, 0.05) is 13.2 Å². The van der Waals surface area contributed by atoms with Crippen molar-refractivity contribution in [1.82, 2.24) is 5.32 Å². The van der Waals surface area contributed by atoms with Crippen molar-refractivity contribution in [2.24, 2.45) is 5.73 Å². The van der Waals surface area contributed by atoms with Gasteiger partial charge in [0.2, 0.25) is 5.91 Å². The number of amides is 1. The van der Waals surface area contributed by atoms with Crippen LogP contribution in [0.25, 0.3) is 0 Å². The van der Waals surface area contributed by atoms with Crippen molar-refractivity contribution < 1.29 is 9.53 Å². The van der Waals surface area contributed by atoms with Gasteiger partial charge in [-0.1, -0.05) is 12.8 Å². The molecule has 4 nitrogen and oxygen atoms in total. The highest BCUT2D eigenvalue weighted by Gasteiger charge is 2.34. The Kier molecular flexibility index (Phi) is 4.40. The molecule has 2 aliphatic rings. The Balaban J connectivity index is 1.79. The molecule has 98 valence electrons. The molecular weight excluding hydrogens is 216 g/mol. The molecule has 17 heavy (non-hydrogen) atoms. The minimum absolute atomic E-state index is 0.115. The van der Waals surface area contributed by atoms with E-state index in [0.717, 1.165) is 32.3 Å². The van der Waals surface area contributed by atoms with E-state index in [0.29, 0.717) is 13.0 Å². The molecule has 0 spiro atoms. The molecule has 4 heteroatoms. The molecule has 1 saturated carbocycles. The predicted octanol–water partition coefficient (Wildman–Crippen LogP) is 1.33. The van der Waals surface area contributed by atoms with Crippen molar-refractivity contribution in [1.29, 1.82) is 0 Å². The van der Waals surface area contributed by atoms with Crippen LogP contribution in [-0.4, -0.2) is 30.7 Å². The number of nitrogens with one attached hydrogen (secondary N) is 1. The zero-order chi connectivity index (χ0) is 12.1. The summed E-state index contributed by atoms with van der Waals surface area (Å²) in [4.78, 5) is 12.0. The largest absolute Gasteiger partial charge is 0.378 e. The zero-order valence-electron chi connectivity index (χ0n) is 10.5. The van der Waals surface area contributed by atoms with Crippen LogP contribution in [0.15, 0.2) is 0 Å². The molecule has 2 fully saturated rings. The van der Waals surface area contributed by atoms with Gasteiger partial charge in [-0.25, -0.2) is 0 Å². The Bertz CT molecular complexity index is 256. The van der Waals surface area contributed by atoms with Crippen LogP contribution in [0.4, 0.5) is 0 Å². The normalized spacial score (nSPS) is 27.9. The fraction of sp³-hybridized carbons (Fsp3) is 0.923. The molecule has 1 saturated heterocycles. The quantitative estimate of drug-likeness (QED) is 0.779. The monoisotopic (exact) mass is 240 g/mol. The van der Waals surface area contributed by atoms with Crippen LogP contribution >= 0.6 is 0 Å².